The summed E-state index contributed by atoms with van der Waals surface area (Å²) in [6.45, 7) is 0. The van der Waals surface area contributed by atoms with Crippen LogP contribution in [0.1, 0.15) is 16.2 Å². The number of pyridine rings is 1. The Morgan fingerprint density at radius 1 is 0.964 bits per heavy atom. The van der Waals surface area contributed by atoms with Crippen LogP contribution in [0.5, 0.6) is 0 Å². The first kappa shape index (κ1) is 17.3. The summed E-state index contributed by atoms with van der Waals surface area (Å²) in [4.78, 5) is 20.9. The molecule has 28 heavy (non-hydrogen) atoms. The monoisotopic (exact) mass is 368 g/mol. The second-order valence-electron chi connectivity index (χ2n) is 5.86. The Kier molecular flexibility index (Phi) is 4.97. The lowest BCUT2D eigenvalue weighted by atomic mass is 10.2. The summed E-state index contributed by atoms with van der Waals surface area (Å²) in [6.07, 6.45) is 4.82. The van der Waals surface area contributed by atoms with Gasteiger partial charge in [0, 0.05) is 23.5 Å². The molecule has 0 aliphatic rings. The molecule has 0 unspecified atom stereocenters. The van der Waals surface area contributed by atoms with Gasteiger partial charge in [-0.2, -0.15) is 5.10 Å². The largest absolute Gasteiger partial charge is 0.311 e. The number of rotatable bonds is 5. The number of carbonyl (C=O) groups excluding carboxylic acids is 1. The van der Waals surface area contributed by atoms with Crippen LogP contribution in [-0.2, 0) is 0 Å². The normalized spacial score (nSPS) is 10.9. The molecule has 2 aromatic heterocycles. The molecule has 2 heterocycles. The molecular weight excluding hydrogens is 352 g/mol. The van der Waals surface area contributed by atoms with Gasteiger partial charge in [0.15, 0.2) is 5.82 Å². The summed E-state index contributed by atoms with van der Waals surface area (Å²) >= 11 is 0. The summed E-state index contributed by atoms with van der Waals surface area (Å²) < 4.78 is 1.65. The lowest BCUT2D eigenvalue weighted by Crippen LogP contribution is -2.19. The van der Waals surface area contributed by atoms with Crippen molar-refractivity contribution in [1.29, 1.82) is 0 Å². The predicted molar refractivity (Wildman–Crippen MR) is 106 cm³/mol. The van der Waals surface area contributed by atoms with Gasteiger partial charge in [0.05, 0.1) is 11.9 Å². The van der Waals surface area contributed by atoms with Gasteiger partial charge in [0.1, 0.15) is 0 Å². The molecular formula is C21H16N6O. The molecule has 0 aliphatic heterocycles. The number of aromatic nitrogens is 4. The maximum absolute atomic E-state index is 12.5. The number of hydrogen-bond acceptors (Lipinski definition) is 5. The fourth-order valence-electron chi connectivity index (χ4n) is 2.60. The molecule has 4 rings (SSSR count). The zero-order chi connectivity index (χ0) is 19.2. The molecule has 0 atom stereocenters. The standard InChI is InChI=1S/C21H16N6O/c28-21(25-23-15-16-8-7-13-22-14-16)19-24-20(17-9-3-1-4-10-17)27(26-19)18-11-5-2-6-12-18/h1-15H,(H,25,28)/b23-15-. The van der Waals surface area contributed by atoms with Gasteiger partial charge in [-0.1, -0.05) is 54.6 Å². The van der Waals surface area contributed by atoms with Crippen molar-refractivity contribution in [2.24, 2.45) is 5.10 Å². The average molecular weight is 368 g/mol. The number of amides is 1. The quantitative estimate of drug-likeness (QED) is 0.433. The van der Waals surface area contributed by atoms with Gasteiger partial charge in [-0.15, -0.1) is 5.10 Å². The summed E-state index contributed by atoms with van der Waals surface area (Å²) in [5, 5.41) is 8.34. The number of nitrogens with zero attached hydrogens (tertiary/aromatic N) is 5. The smallest absolute Gasteiger partial charge is 0.264 e. The first-order valence-corrected chi connectivity index (χ1v) is 8.62. The third-order valence-electron chi connectivity index (χ3n) is 3.91. The summed E-state index contributed by atoms with van der Waals surface area (Å²) in [5.41, 5.74) is 4.90. The number of benzene rings is 2. The molecule has 4 aromatic rings. The van der Waals surface area contributed by atoms with E-state index in [1.165, 1.54) is 6.21 Å². The Morgan fingerprint density at radius 2 is 1.71 bits per heavy atom. The van der Waals surface area contributed by atoms with Gasteiger partial charge in [0.2, 0.25) is 5.82 Å². The van der Waals surface area contributed by atoms with Gasteiger partial charge >= 0.3 is 5.91 Å². The zero-order valence-corrected chi connectivity index (χ0v) is 14.8. The van der Waals surface area contributed by atoms with Crippen molar-refractivity contribution in [2.45, 2.75) is 0 Å². The molecule has 7 heteroatoms. The summed E-state index contributed by atoms with van der Waals surface area (Å²) in [7, 11) is 0. The highest BCUT2D eigenvalue weighted by Crippen LogP contribution is 2.20. The Labute approximate surface area is 161 Å². The number of para-hydroxylation sites is 1. The fourth-order valence-corrected chi connectivity index (χ4v) is 2.60. The highest BCUT2D eigenvalue weighted by atomic mass is 16.2. The summed E-state index contributed by atoms with van der Waals surface area (Å²) in [5.74, 6) is 0.117. The molecule has 136 valence electrons. The molecule has 7 nitrogen and oxygen atoms in total. The van der Waals surface area contributed by atoms with E-state index >= 15 is 0 Å². The zero-order valence-electron chi connectivity index (χ0n) is 14.8. The van der Waals surface area contributed by atoms with Crippen LogP contribution in [-0.4, -0.2) is 31.9 Å². The Morgan fingerprint density at radius 3 is 2.43 bits per heavy atom. The van der Waals surface area contributed by atoms with Crippen molar-refractivity contribution in [3.05, 3.63) is 96.6 Å². The van der Waals surface area contributed by atoms with Crippen molar-refractivity contribution in [2.75, 3.05) is 0 Å². The van der Waals surface area contributed by atoms with E-state index in [-0.39, 0.29) is 5.82 Å². The molecule has 0 spiro atoms. The maximum Gasteiger partial charge on any atom is 0.311 e. The first-order chi connectivity index (χ1) is 13.8. The number of carbonyl (C=O) groups is 1. The second kappa shape index (κ2) is 8.05. The Balaban J connectivity index is 1.63. The van der Waals surface area contributed by atoms with E-state index in [0.29, 0.717) is 5.82 Å². The average Bonchev–Trinajstić information content (AvgIpc) is 3.21. The van der Waals surface area contributed by atoms with Crippen LogP contribution in [0, 0.1) is 0 Å². The van der Waals surface area contributed by atoms with Gasteiger partial charge in [-0.25, -0.2) is 15.1 Å². The van der Waals surface area contributed by atoms with Crippen molar-refractivity contribution < 1.29 is 4.79 Å². The van der Waals surface area contributed by atoms with E-state index in [1.807, 2.05) is 66.7 Å². The maximum atomic E-state index is 12.5. The minimum atomic E-state index is -0.494. The van der Waals surface area contributed by atoms with Crippen LogP contribution >= 0.6 is 0 Å². The van der Waals surface area contributed by atoms with E-state index in [2.05, 4.69) is 25.6 Å². The number of hydrazone groups is 1. The van der Waals surface area contributed by atoms with Crippen LogP contribution in [0.15, 0.2) is 90.3 Å². The van der Waals surface area contributed by atoms with Gasteiger partial charge in [-0.3, -0.25) is 9.78 Å². The molecule has 0 radical (unpaired) electrons. The molecule has 0 aliphatic carbocycles. The van der Waals surface area contributed by atoms with Crippen LogP contribution in [0.3, 0.4) is 0 Å². The lowest BCUT2D eigenvalue weighted by molar-refractivity contribution is 0.0945. The van der Waals surface area contributed by atoms with E-state index in [0.717, 1.165) is 16.8 Å². The SMILES string of the molecule is O=C(N/N=C\c1cccnc1)c1nc(-c2ccccc2)n(-c2ccccc2)n1. The highest BCUT2D eigenvalue weighted by Gasteiger charge is 2.18. The Bertz CT molecular complexity index is 1030. The molecule has 1 amide bonds. The van der Waals surface area contributed by atoms with Crippen molar-refractivity contribution in [1.82, 2.24) is 25.2 Å². The van der Waals surface area contributed by atoms with Crippen molar-refractivity contribution >= 4 is 12.1 Å². The Hall–Kier alpha value is -4.13. The first-order valence-electron chi connectivity index (χ1n) is 8.62. The molecule has 0 bridgehead atoms. The van der Waals surface area contributed by atoms with Crippen LogP contribution in [0.25, 0.3) is 17.1 Å². The van der Waals surface area contributed by atoms with Crippen LogP contribution in [0.2, 0.25) is 0 Å². The van der Waals surface area contributed by atoms with Crippen molar-refractivity contribution in [3.8, 4) is 17.1 Å². The predicted octanol–water partition coefficient (Wildman–Crippen LogP) is 3.09. The molecule has 2 aromatic carbocycles. The van der Waals surface area contributed by atoms with Gasteiger partial charge in [0.25, 0.3) is 0 Å². The highest BCUT2D eigenvalue weighted by molar-refractivity contribution is 5.92. The fraction of sp³-hybridized carbons (Fsp3) is 0. The molecule has 0 saturated heterocycles. The third-order valence-corrected chi connectivity index (χ3v) is 3.91. The van der Waals surface area contributed by atoms with E-state index in [1.54, 1.807) is 23.1 Å². The van der Waals surface area contributed by atoms with E-state index < -0.39 is 5.91 Å². The molecule has 0 saturated carbocycles. The van der Waals surface area contributed by atoms with E-state index in [9.17, 15) is 4.79 Å². The van der Waals surface area contributed by atoms with Gasteiger partial charge < -0.3 is 0 Å². The van der Waals surface area contributed by atoms with Gasteiger partial charge in [-0.05, 0) is 18.2 Å². The second-order valence-corrected chi connectivity index (χ2v) is 5.86. The van der Waals surface area contributed by atoms with E-state index in [4.69, 9.17) is 0 Å². The minimum absolute atomic E-state index is 0.0334. The van der Waals surface area contributed by atoms with Crippen LogP contribution in [0.4, 0.5) is 0 Å². The lowest BCUT2D eigenvalue weighted by Gasteiger charge is -2.05. The molecule has 1 N–H and O–H groups in total. The number of hydrogen-bond donors (Lipinski definition) is 1. The number of nitrogens with one attached hydrogen (secondary N) is 1. The topological polar surface area (TPSA) is 85.1 Å². The minimum Gasteiger partial charge on any atom is -0.264 e. The van der Waals surface area contributed by atoms with Crippen LogP contribution < -0.4 is 5.43 Å². The molecule has 0 fully saturated rings. The van der Waals surface area contributed by atoms with Crippen molar-refractivity contribution in [3.63, 3.8) is 0 Å². The third kappa shape index (κ3) is 3.83. The summed E-state index contributed by atoms with van der Waals surface area (Å²) in [6, 6.07) is 22.8.